The van der Waals surface area contributed by atoms with Gasteiger partial charge in [-0.25, -0.2) is 0 Å². The van der Waals surface area contributed by atoms with Gasteiger partial charge in [-0.3, -0.25) is 14.9 Å². The third-order valence-corrected chi connectivity index (χ3v) is 9.06. The van der Waals surface area contributed by atoms with Crippen LogP contribution in [0.2, 0.25) is 0 Å². The van der Waals surface area contributed by atoms with Gasteiger partial charge in [0, 0.05) is 10.0 Å². The fourth-order valence-electron chi connectivity index (χ4n) is 6.10. The molecule has 1 aliphatic rings. The molecular weight excluding hydrogens is 640 g/mol. The average Bonchev–Trinajstić information content (AvgIpc) is 3.33. The number of hydrogen-bond acceptors (Lipinski definition) is 5. The standard InChI is InChI=1S/C39H35BrN2O4/c1-2-45-37(43)36(41-35(29-18-8-4-9-19-29)30-20-10-5-11-21-30)39(46-27-31-22-12-14-24-33(31)40)32-23-13-15-25-34(32)42(38(39)44)26-28-16-6-3-7-17-28/h3-25,35-36,41H,2,26-27H2,1H3/t36-,39+/m1/s1. The Morgan fingerprint density at radius 2 is 1.35 bits per heavy atom. The van der Waals surface area contributed by atoms with Gasteiger partial charge < -0.3 is 14.4 Å². The van der Waals surface area contributed by atoms with E-state index in [0.717, 1.165) is 26.7 Å². The second-order valence-electron chi connectivity index (χ2n) is 11.1. The zero-order chi connectivity index (χ0) is 31.9. The molecule has 1 heterocycles. The number of ether oxygens (including phenoxy) is 2. The van der Waals surface area contributed by atoms with Crippen LogP contribution in [0, 0.1) is 0 Å². The van der Waals surface area contributed by atoms with Gasteiger partial charge >= 0.3 is 5.97 Å². The second-order valence-corrected chi connectivity index (χ2v) is 12.0. The summed E-state index contributed by atoms with van der Waals surface area (Å²) in [7, 11) is 0. The van der Waals surface area contributed by atoms with Crippen LogP contribution in [-0.4, -0.2) is 24.5 Å². The molecule has 7 heteroatoms. The molecule has 1 amide bonds. The maximum Gasteiger partial charge on any atom is 0.327 e. The van der Waals surface area contributed by atoms with Gasteiger partial charge in [0.2, 0.25) is 0 Å². The van der Waals surface area contributed by atoms with E-state index in [4.69, 9.17) is 9.47 Å². The van der Waals surface area contributed by atoms with E-state index >= 15 is 4.79 Å². The summed E-state index contributed by atoms with van der Waals surface area (Å²) >= 11 is 3.64. The van der Waals surface area contributed by atoms with E-state index in [-0.39, 0.29) is 19.1 Å². The van der Waals surface area contributed by atoms with Crippen LogP contribution < -0.4 is 10.2 Å². The summed E-state index contributed by atoms with van der Waals surface area (Å²) in [6, 6.07) is 43.2. The van der Waals surface area contributed by atoms with Crippen molar-refractivity contribution in [2.75, 3.05) is 11.5 Å². The van der Waals surface area contributed by atoms with Crippen molar-refractivity contribution in [3.8, 4) is 0 Å². The molecule has 5 aromatic rings. The minimum atomic E-state index is -1.76. The van der Waals surface area contributed by atoms with Gasteiger partial charge in [-0.15, -0.1) is 0 Å². The quantitative estimate of drug-likeness (QED) is 0.137. The molecule has 0 spiro atoms. The Morgan fingerprint density at radius 1 is 0.783 bits per heavy atom. The number of para-hydroxylation sites is 1. The van der Waals surface area contributed by atoms with Crippen LogP contribution in [0.25, 0.3) is 0 Å². The highest BCUT2D eigenvalue weighted by molar-refractivity contribution is 9.10. The van der Waals surface area contributed by atoms with Crippen LogP contribution in [0.1, 0.15) is 40.8 Å². The number of benzene rings is 5. The van der Waals surface area contributed by atoms with Crippen molar-refractivity contribution >= 4 is 33.5 Å². The number of nitrogens with zero attached hydrogens (tertiary/aromatic N) is 1. The second kappa shape index (κ2) is 14.3. The van der Waals surface area contributed by atoms with Crippen molar-refractivity contribution in [1.82, 2.24) is 5.32 Å². The van der Waals surface area contributed by atoms with E-state index in [0.29, 0.717) is 17.8 Å². The molecule has 46 heavy (non-hydrogen) atoms. The summed E-state index contributed by atoms with van der Waals surface area (Å²) in [6.45, 7) is 2.29. The van der Waals surface area contributed by atoms with Gasteiger partial charge in [0.15, 0.2) is 5.60 Å². The summed E-state index contributed by atoms with van der Waals surface area (Å²) in [6.07, 6.45) is 0. The normalized spacial score (nSPS) is 16.3. The molecule has 0 saturated heterocycles. The SMILES string of the molecule is CCOC(=O)[C@@H](NC(c1ccccc1)c1ccccc1)[C@]1(OCc2ccccc2Br)C(=O)N(Cc2ccccc2)c2ccccc21. The predicted molar refractivity (Wildman–Crippen MR) is 183 cm³/mol. The number of fused-ring (bicyclic) bond motifs is 1. The van der Waals surface area contributed by atoms with E-state index in [1.165, 1.54) is 0 Å². The zero-order valence-corrected chi connectivity index (χ0v) is 27.1. The summed E-state index contributed by atoms with van der Waals surface area (Å²) in [5, 5.41) is 3.60. The highest BCUT2D eigenvalue weighted by Crippen LogP contribution is 2.47. The van der Waals surface area contributed by atoms with Crippen LogP contribution in [0.4, 0.5) is 5.69 Å². The first-order valence-corrected chi connectivity index (χ1v) is 16.2. The maximum absolute atomic E-state index is 15.1. The molecule has 0 unspecified atom stereocenters. The molecule has 0 radical (unpaired) electrons. The lowest BCUT2D eigenvalue weighted by Gasteiger charge is -2.38. The van der Waals surface area contributed by atoms with Gasteiger partial charge in [0.05, 0.1) is 31.5 Å². The van der Waals surface area contributed by atoms with Crippen molar-refractivity contribution in [3.63, 3.8) is 0 Å². The van der Waals surface area contributed by atoms with E-state index in [1.54, 1.807) is 11.8 Å². The molecule has 0 bridgehead atoms. The number of rotatable bonds is 12. The van der Waals surface area contributed by atoms with Crippen LogP contribution in [0.15, 0.2) is 144 Å². The topological polar surface area (TPSA) is 67.9 Å². The van der Waals surface area contributed by atoms with Crippen molar-refractivity contribution in [3.05, 3.63) is 172 Å². The number of nitrogens with one attached hydrogen (secondary N) is 1. The zero-order valence-electron chi connectivity index (χ0n) is 25.5. The van der Waals surface area contributed by atoms with Gasteiger partial charge in [0.1, 0.15) is 6.04 Å². The maximum atomic E-state index is 15.1. The number of halogens is 1. The minimum Gasteiger partial charge on any atom is -0.465 e. The molecule has 0 fully saturated rings. The number of hydrogen-bond donors (Lipinski definition) is 1. The molecule has 5 aromatic carbocycles. The lowest BCUT2D eigenvalue weighted by atomic mass is 9.85. The van der Waals surface area contributed by atoms with Crippen molar-refractivity contribution in [1.29, 1.82) is 0 Å². The van der Waals surface area contributed by atoms with E-state index < -0.39 is 23.7 Å². The lowest BCUT2D eigenvalue weighted by molar-refractivity contribution is -0.169. The molecule has 0 aliphatic carbocycles. The monoisotopic (exact) mass is 674 g/mol. The first-order valence-electron chi connectivity index (χ1n) is 15.4. The van der Waals surface area contributed by atoms with Crippen LogP contribution in [0.3, 0.4) is 0 Å². The summed E-state index contributed by atoms with van der Waals surface area (Å²) in [5.74, 6) is -0.911. The molecule has 6 rings (SSSR count). The highest BCUT2D eigenvalue weighted by Gasteiger charge is 2.60. The highest BCUT2D eigenvalue weighted by atomic mass is 79.9. The Labute approximate surface area is 278 Å². The van der Waals surface area contributed by atoms with Gasteiger partial charge in [-0.05, 0) is 41.3 Å². The molecule has 1 N–H and O–H groups in total. The number of amides is 1. The Kier molecular flexibility index (Phi) is 9.73. The lowest BCUT2D eigenvalue weighted by Crippen LogP contribution is -2.60. The number of anilines is 1. The minimum absolute atomic E-state index is 0.0690. The van der Waals surface area contributed by atoms with Crippen molar-refractivity contribution in [2.45, 2.75) is 37.8 Å². The van der Waals surface area contributed by atoms with Gasteiger partial charge in [-0.1, -0.05) is 143 Å². The Balaban J connectivity index is 1.53. The van der Waals surface area contributed by atoms with Crippen molar-refractivity contribution < 1.29 is 19.1 Å². The smallest absolute Gasteiger partial charge is 0.327 e. The largest absolute Gasteiger partial charge is 0.465 e. The Hall–Kier alpha value is -4.56. The molecule has 0 saturated carbocycles. The van der Waals surface area contributed by atoms with Crippen LogP contribution in [0.5, 0.6) is 0 Å². The van der Waals surface area contributed by atoms with E-state index in [2.05, 4.69) is 21.2 Å². The molecule has 2 atom stereocenters. The number of carbonyl (C=O) groups excluding carboxylic acids is 2. The Morgan fingerprint density at radius 3 is 1.98 bits per heavy atom. The number of esters is 1. The van der Waals surface area contributed by atoms with Crippen LogP contribution >= 0.6 is 15.9 Å². The first-order chi connectivity index (χ1) is 22.5. The summed E-state index contributed by atoms with van der Waals surface area (Å²) in [4.78, 5) is 31.1. The van der Waals surface area contributed by atoms with Crippen LogP contribution in [-0.2, 0) is 37.8 Å². The van der Waals surface area contributed by atoms with E-state index in [9.17, 15) is 4.79 Å². The van der Waals surface area contributed by atoms with E-state index in [1.807, 2.05) is 140 Å². The first kappa shape index (κ1) is 31.4. The fourth-order valence-corrected chi connectivity index (χ4v) is 6.50. The summed E-state index contributed by atoms with van der Waals surface area (Å²) < 4.78 is 13.5. The van der Waals surface area contributed by atoms with Gasteiger partial charge in [-0.2, -0.15) is 0 Å². The third kappa shape index (κ3) is 6.27. The fraction of sp³-hybridized carbons (Fsp3) is 0.179. The molecule has 1 aliphatic heterocycles. The number of carbonyl (C=O) groups is 2. The summed E-state index contributed by atoms with van der Waals surface area (Å²) in [5.41, 5.74) is 3.21. The average molecular weight is 676 g/mol. The third-order valence-electron chi connectivity index (χ3n) is 8.28. The molecular formula is C39H35BrN2O4. The Bertz CT molecular complexity index is 1740. The van der Waals surface area contributed by atoms with Crippen molar-refractivity contribution in [2.24, 2.45) is 0 Å². The molecule has 6 nitrogen and oxygen atoms in total. The molecule has 232 valence electrons. The molecule has 0 aromatic heterocycles. The van der Waals surface area contributed by atoms with Gasteiger partial charge in [0.25, 0.3) is 5.91 Å². The predicted octanol–water partition coefficient (Wildman–Crippen LogP) is 7.72.